The van der Waals surface area contributed by atoms with Crippen LogP contribution in [-0.2, 0) is 7.05 Å². The summed E-state index contributed by atoms with van der Waals surface area (Å²) >= 11 is 5.96. The third-order valence-electron chi connectivity index (χ3n) is 5.02. The summed E-state index contributed by atoms with van der Waals surface area (Å²) in [5, 5.41) is 24.1. The number of aromatic carboxylic acids is 1. The standard InChI is InChI=1S/C18H21ClN8O2/c1-27-16-14(25-26-27)15(21-11-6-7-13(19)12(8-11)17(28)29)23-18(24-16)22-10-4-2-9(20)3-5-10/h6-10H,2-5,20H2,1H3,(H,28,29)(H2,21,22,23,24). The molecule has 1 saturated carbocycles. The van der Waals surface area contributed by atoms with Crippen molar-refractivity contribution < 1.29 is 9.90 Å². The Balaban J connectivity index is 1.66. The molecule has 3 aromatic rings. The van der Waals surface area contributed by atoms with Gasteiger partial charge in [0.1, 0.15) is 0 Å². The van der Waals surface area contributed by atoms with Crippen molar-refractivity contribution in [3.8, 4) is 0 Å². The van der Waals surface area contributed by atoms with Crippen molar-refractivity contribution in [3.63, 3.8) is 0 Å². The van der Waals surface area contributed by atoms with Crippen molar-refractivity contribution in [3.05, 3.63) is 28.8 Å². The SMILES string of the molecule is Cn1nnc2c(Nc3ccc(Cl)c(C(=O)O)c3)nc(NC3CCC(N)CC3)nc21. The van der Waals surface area contributed by atoms with Crippen LogP contribution in [0.3, 0.4) is 0 Å². The highest BCUT2D eigenvalue weighted by Crippen LogP contribution is 2.27. The fourth-order valence-electron chi connectivity index (χ4n) is 3.42. The highest BCUT2D eigenvalue weighted by Gasteiger charge is 2.21. The summed E-state index contributed by atoms with van der Waals surface area (Å²) < 4.78 is 1.56. The van der Waals surface area contributed by atoms with E-state index in [9.17, 15) is 9.90 Å². The van der Waals surface area contributed by atoms with E-state index in [0.29, 0.717) is 28.6 Å². The van der Waals surface area contributed by atoms with Crippen LogP contribution in [-0.4, -0.2) is 48.1 Å². The summed E-state index contributed by atoms with van der Waals surface area (Å²) in [6.45, 7) is 0. The van der Waals surface area contributed by atoms with Crippen LogP contribution in [0.2, 0.25) is 5.02 Å². The van der Waals surface area contributed by atoms with E-state index in [2.05, 4.69) is 30.9 Å². The zero-order valence-corrected chi connectivity index (χ0v) is 16.5. The Labute approximate surface area is 171 Å². The zero-order valence-electron chi connectivity index (χ0n) is 15.8. The number of carboxylic acid groups (broad SMARTS) is 1. The van der Waals surface area contributed by atoms with E-state index in [0.717, 1.165) is 25.7 Å². The van der Waals surface area contributed by atoms with E-state index < -0.39 is 5.97 Å². The first-order valence-corrected chi connectivity index (χ1v) is 9.68. The van der Waals surface area contributed by atoms with Crippen molar-refractivity contribution in [2.45, 2.75) is 37.8 Å². The highest BCUT2D eigenvalue weighted by molar-refractivity contribution is 6.33. The Morgan fingerprint density at radius 3 is 2.76 bits per heavy atom. The lowest BCUT2D eigenvalue weighted by Crippen LogP contribution is -2.33. The van der Waals surface area contributed by atoms with Gasteiger partial charge in [-0.15, -0.1) is 5.10 Å². The first-order valence-electron chi connectivity index (χ1n) is 9.30. The molecule has 0 radical (unpaired) electrons. The van der Waals surface area contributed by atoms with Crippen molar-refractivity contribution in [1.29, 1.82) is 0 Å². The lowest BCUT2D eigenvalue weighted by Gasteiger charge is -2.26. The molecule has 0 saturated heterocycles. The van der Waals surface area contributed by atoms with Gasteiger partial charge in [-0.1, -0.05) is 16.8 Å². The topological polar surface area (TPSA) is 144 Å². The molecular formula is C18H21ClN8O2. The number of aryl methyl sites for hydroxylation is 1. The molecule has 0 atom stereocenters. The van der Waals surface area contributed by atoms with Crippen LogP contribution < -0.4 is 16.4 Å². The molecule has 1 aliphatic carbocycles. The van der Waals surface area contributed by atoms with Gasteiger partial charge < -0.3 is 21.5 Å². The Kier molecular flexibility index (Phi) is 5.20. The number of carbonyl (C=O) groups is 1. The van der Waals surface area contributed by atoms with E-state index in [1.165, 1.54) is 12.1 Å². The molecule has 1 fully saturated rings. The molecule has 0 amide bonds. The maximum absolute atomic E-state index is 11.4. The minimum atomic E-state index is -1.11. The van der Waals surface area contributed by atoms with Crippen molar-refractivity contribution in [2.24, 2.45) is 12.8 Å². The molecule has 2 aromatic heterocycles. The average molecular weight is 417 g/mol. The maximum Gasteiger partial charge on any atom is 0.337 e. The summed E-state index contributed by atoms with van der Waals surface area (Å²) in [5.74, 6) is -0.223. The Bertz CT molecular complexity index is 1060. The predicted octanol–water partition coefficient (Wildman–Crippen LogP) is 2.54. The molecule has 0 aliphatic heterocycles. The van der Waals surface area contributed by atoms with Crippen molar-refractivity contribution >= 4 is 46.2 Å². The van der Waals surface area contributed by atoms with Gasteiger partial charge in [0.15, 0.2) is 17.0 Å². The lowest BCUT2D eigenvalue weighted by atomic mass is 9.92. The third-order valence-corrected chi connectivity index (χ3v) is 5.35. The summed E-state index contributed by atoms with van der Waals surface area (Å²) in [4.78, 5) is 20.5. The first kappa shape index (κ1) is 19.3. The number of hydrogen-bond acceptors (Lipinski definition) is 8. The number of halogens is 1. The summed E-state index contributed by atoms with van der Waals surface area (Å²) in [7, 11) is 1.75. The number of fused-ring (bicyclic) bond motifs is 1. The minimum absolute atomic E-state index is 0.00185. The van der Waals surface area contributed by atoms with E-state index in [1.807, 2.05) is 0 Å². The van der Waals surface area contributed by atoms with Crippen LogP contribution in [0.4, 0.5) is 17.5 Å². The summed E-state index contributed by atoms with van der Waals surface area (Å²) in [6, 6.07) is 5.14. The second kappa shape index (κ2) is 7.80. The predicted molar refractivity (Wildman–Crippen MR) is 110 cm³/mol. The van der Waals surface area contributed by atoms with Gasteiger partial charge in [0.05, 0.1) is 10.6 Å². The van der Waals surface area contributed by atoms with Crippen LogP contribution in [0, 0.1) is 0 Å². The van der Waals surface area contributed by atoms with Gasteiger partial charge in [-0.3, -0.25) is 0 Å². The van der Waals surface area contributed by atoms with Gasteiger partial charge in [0, 0.05) is 24.8 Å². The molecule has 5 N–H and O–H groups in total. The van der Waals surface area contributed by atoms with Crippen molar-refractivity contribution in [1.82, 2.24) is 25.0 Å². The van der Waals surface area contributed by atoms with Gasteiger partial charge in [-0.2, -0.15) is 9.97 Å². The molecule has 2 heterocycles. The molecule has 11 heteroatoms. The van der Waals surface area contributed by atoms with E-state index >= 15 is 0 Å². The fourth-order valence-corrected chi connectivity index (χ4v) is 3.61. The van der Waals surface area contributed by atoms with Crippen molar-refractivity contribution in [2.75, 3.05) is 10.6 Å². The monoisotopic (exact) mass is 416 g/mol. The largest absolute Gasteiger partial charge is 0.478 e. The normalized spacial score (nSPS) is 19.3. The number of nitrogens with zero attached hydrogens (tertiary/aromatic N) is 5. The summed E-state index contributed by atoms with van der Waals surface area (Å²) in [6.07, 6.45) is 3.82. The molecule has 0 unspecified atom stereocenters. The number of aromatic nitrogens is 5. The molecule has 152 valence electrons. The lowest BCUT2D eigenvalue weighted by molar-refractivity contribution is 0.0697. The second-order valence-corrected chi connectivity index (χ2v) is 7.57. The number of nitrogens with two attached hydrogens (primary N) is 1. The first-order chi connectivity index (χ1) is 13.9. The Morgan fingerprint density at radius 2 is 2.03 bits per heavy atom. The zero-order chi connectivity index (χ0) is 20.5. The third kappa shape index (κ3) is 4.08. The van der Waals surface area contributed by atoms with Gasteiger partial charge in [0.2, 0.25) is 5.95 Å². The van der Waals surface area contributed by atoms with Gasteiger partial charge in [-0.25, -0.2) is 9.48 Å². The minimum Gasteiger partial charge on any atom is -0.478 e. The molecule has 4 rings (SSSR count). The second-order valence-electron chi connectivity index (χ2n) is 7.16. The molecule has 1 aliphatic rings. The number of carboxylic acids is 1. The Morgan fingerprint density at radius 1 is 1.28 bits per heavy atom. The van der Waals surface area contributed by atoms with Gasteiger partial charge in [-0.05, 0) is 43.9 Å². The van der Waals surface area contributed by atoms with Gasteiger partial charge in [0.25, 0.3) is 0 Å². The Hall–Kier alpha value is -2.98. The molecular weight excluding hydrogens is 396 g/mol. The number of benzene rings is 1. The van der Waals surface area contributed by atoms with Crippen LogP contribution in [0.25, 0.3) is 11.2 Å². The number of hydrogen-bond donors (Lipinski definition) is 4. The molecule has 1 aromatic carbocycles. The smallest absolute Gasteiger partial charge is 0.337 e. The molecule has 0 spiro atoms. The molecule has 10 nitrogen and oxygen atoms in total. The molecule has 0 bridgehead atoms. The average Bonchev–Trinajstić information content (AvgIpc) is 3.06. The highest BCUT2D eigenvalue weighted by atomic mass is 35.5. The van der Waals surface area contributed by atoms with E-state index in [-0.39, 0.29) is 22.7 Å². The van der Waals surface area contributed by atoms with Crippen LogP contribution in [0.15, 0.2) is 18.2 Å². The van der Waals surface area contributed by atoms with Crippen LogP contribution in [0.1, 0.15) is 36.0 Å². The fraction of sp³-hybridized carbons (Fsp3) is 0.389. The van der Waals surface area contributed by atoms with E-state index in [1.54, 1.807) is 17.8 Å². The van der Waals surface area contributed by atoms with Crippen LogP contribution >= 0.6 is 11.6 Å². The quantitative estimate of drug-likeness (QED) is 0.493. The summed E-state index contributed by atoms with van der Waals surface area (Å²) in [5.41, 5.74) is 7.55. The number of nitrogens with one attached hydrogen (secondary N) is 2. The van der Waals surface area contributed by atoms with Crippen LogP contribution in [0.5, 0.6) is 0 Å². The van der Waals surface area contributed by atoms with E-state index in [4.69, 9.17) is 17.3 Å². The van der Waals surface area contributed by atoms with Gasteiger partial charge >= 0.3 is 5.97 Å². The maximum atomic E-state index is 11.4. The molecule has 29 heavy (non-hydrogen) atoms. The number of rotatable bonds is 5. The number of anilines is 3.